The molecule has 5 nitrogen and oxygen atoms in total. The molecule has 0 aliphatic carbocycles. The predicted octanol–water partition coefficient (Wildman–Crippen LogP) is 3.95. The summed E-state index contributed by atoms with van der Waals surface area (Å²) >= 11 is 3.42. The average Bonchev–Trinajstić information content (AvgIpc) is 2.87. The molecular formula is C15H15BrN2O3. The van der Waals surface area contributed by atoms with Crippen molar-refractivity contribution >= 4 is 28.0 Å². The molecule has 6 heteroatoms. The number of hydrogen-bond acceptors (Lipinski definition) is 3. The van der Waals surface area contributed by atoms with Crippen LogP contribution in [0.15, 0.2) is 41.1 Å². The Morgan fingerprint density at radius 2 is 2.33 bits per heavy atom. The minimum atomic E-state index is -0.977. The number of carbonyl (C=O) groups is 1. The van der Waals surface area contributed by atoms with Crippen molar-refractivity contribution in [3.05, 3.63) is 46.7 Å². The van der Waals surface area contributed by atoms with Crippen molar-refractivity contribution in [2.75, 3.05) is 0 Å². The van der Waals surface area contributed by atoms with Crippen LogP contribution in [0.1, 0.15) is 18.9 Å². The lowest BCUT2D eigenvalue weighted by molar-refractivity contribution is -0.131. The van der Waals surface area contributed by atoms with E-state index in [2.05, 4.69) is 28.0 Å². The molecule has 0 saturated heterocycles. The van der Waals surface area contributed by atoms with Crippen molar-refractivity contribution < 1.29 is 14.6 Å². The number of rotatable bonds is 6. The second-order valence-electron chi connectivity index (χ2n) is 4.40. The van der Waals surface area contributed by atoms with Gasteiger partial charge in [0.15, 0.2) is 5.75 Å². The minimum absolute atomic E-state index is 0.651. The van der Waals surface area contributed by atoms with Gasteiger partial charge in [-0.15, -0.1) is 0 Å². The van der Waals surface area contributed by atoms with E-state index >= 15 is 0 Å². The van der Waals surface area contributed by atoms with Gasteiger partial charge >= 0.3 is 5.97 Å². The first-order chi connectivity index (χ1) is 10.1. The second kappa shape index (κ2) is 7.08. The molecule has 1 N–H and O–H groups in total. The molecule has 0 unspecified atom stereocenters. The Hall–Kier alpha value is -2.08. The molecule has 0 fully saturated rings. The predicted molar refractivity (Wildman–Crippen MR) is 83.4 cm³/mol. The Balaban J connectivity index is 2.11. The second-order valence-corrected chi connectivity index (χ2v) is 5.26. The van der Waals surface area contributed by atoms with Crippen LogP contribution in [-0.2, 0) is 11.3 Å². The Morgan fingerprint density at radius 3 is 3.00 bits per heavy atom. The fourth-order valence-corrected chi connectivity index (χ4v) is 2.22. The van der Waals surface area contributed by atoms with E-state index < -0.39 is 5.97 Å². The van der Waals surface area contributed by atoms with Crippen LogP contribution >= 0.6 is 15.9 Å². The summed E-state index contributed by atoms with van der Waals surface area (Å²) < 4.78 is 8.32. The first-order valence-electron chi connectivity index (χ1n) is 6.49. The maximum absolute atomic E-state index is 10.5. The zero-order valence-electron chi connectivity index (χ0n) is 11.5. The van der Waals surface area contributed by atoms with Gasteiger partial charge in [-0.05, 0) is 46.1 Å². The lowest BCUT2D eigenvalue weighted by Gasteiger charge is -2.06. The summed E-state index contributed by atoms with van der Waals surface area (Å²) in [6.45, 7) is 2.94. The molecular weight excluding hydrogens is 336 g/mol. The van der Waals surface area contributed by atoms with Crippen molar-refractivity contribution in [1.82, 2.24) is 9.78 Å². The number of nitrogens with zero attached hydrogens (tertiary/aromatic N) is 2. The number of halogens is 1. The van der Waals surface area contributed by atoms with Crippen molar-refractivity contribution in [2.24, 2.45) is 0 Å². The highest BCUT2D eigenvalue weighted by Crippen LogP contribution is 2.30. The zero-order valence-corrected chi connectivity index (χ0v) is 13.1. The van der Waals surface area contributed by atoms with Gasteiger partial charge in [0.2, 0.25) is 0 Å². The van der Waals surface area contributed by atoms with Gasteiger partial charge in [-0.2, -0.15) is 5.10 Å². The van der Waals surface area contributed by atoms with Crippen LogP contribution < -0.4 is 4.74 Å². The molecule has 0 aliphatic heterocycles. The molecule has 1 aromatic heterocycles. The molecule has 0 amide bonds. The number of carboxylic acids is 1. The Morgan fingerprint density at radius 1 is 1.52 bits per heavy atom. The third-order valence-corrected chi connectivity index (χ3v) is 3.28. The topological polar surface area (TPSA) is 64.3 Å². The van der Waals surface area contributed by atoms with Crippen molar-refractivity contribution in [1.29, 1.82) is 0 Å². The van der Waals surface area contributed by atoms with E-state index in [1.54, 1.807) is 24.4 Å². The summed E-state index contributed by atoms with van der Waals surface area (Å²) in [7, 11) is 0. The smallest absolute Gasteiger partial charge is 0.328 e. The summed E-state index contributed by atoms with van der Waals surface area (Å²) in [6.07, 6.45) is 7.14. The van der Waals surface area contributed by atoms with Crippen molar-refractivity contribution in [3.63, 3.8) is 0 Å². The maximum Gasteiger partial charge on any atom is 0.328 e. The molecule has 0 aliphatic rings. The lowest BCUT2D eigenvalue weighted by atomic mass is 10.2. The first-order valence-corrected chi connectivity index (χ1v) is 7.28. The molecule has 2 aromatic rings. The fourth-order valence-electron chi connectivity index (χ4n) is 1.75. The van der Waals surface area contributed by atoms with E-state index in [4.69, 9.17) is 9.84 Å². The highest BCUT2D eigenvalue weighted by Gasteiger charge is 2.05. The van der Waals surface area contributed by atoms with Gasteiger partial charge < -0.3 is 9.84 Å². The van der Waals surface area contributed by atoms with E-state index in [0.717, 1.165) is 29.1 Å². The molecule has 2 rings (SSSR count). The SMILES string of the molecule is CCCn1cc(Oc2ccc(/C=C/C(=O)O)cc2Br)cn1. The summed E-state index contributed by atoms with van der Waals surface area (Å²) in [5, 5.41) is 12.8. The van der Waals surface area contributed by atoms with Gasteiger partial charge in [0.25, 0.3) is 0 Å². The van der Waals surface area contributed by atoms with Gasteiger partial charge in [0, 0.05) is 12.6 Å². The number of ether oxygens (including phenoxy) is 1. The van der Waals surface area contributed by atoms with Crippen LogP contribution in [0.5, 0.6) is 11.5 Å². The van der Waals surface area contributed by atoms with Gasteiger partial charge in [-0.3, -0.25) is 4.68 Å². The summed E-state index contributed by atoms with van der Waals surface area (Å²) in [4.78, 5) is 10.5. The van der Waals surface area contributed by atoms with Crippen molar-refractivity contribution in [3.8, 4) is 11.5 Å². The van der Waals surface area contributed by atoms with Gasteiger partial charge in [0.1, 0.15) is 5.75 Å². The number of benzene rings is 1. The maximum atomic E-state index is 10.5. The summed E-state index contributed by atoms with van der Waals surface area (Å²) in [5.41, 5.74) is 0.776. The van der Waals surface area contributed by atoms with Crippen molar-refractivity contribution in [2.45, 2.75) is 19.9 Å². The third-order valence-electron chi connectivity index (χ3n) is 2.66. The molecule has 1 heterocycles. The van der Waals surface area contributed by atoms with E-state index in [0.29, 0.717) is 11.5 Å². The van der Waals surface area contributed by atoms with E-state index in [9.17, 15) is 4.79 Å². The van der Waals surface area contributed by atoms with Crippen LogP contribution in [0.25, 0.3) is 6.08 Å². The molecule has 0 saturated carbocycles. The van der Waals surface area contributed by atoms with Gasteiger partial charge in [-0.1, -0.05) is 13.0 Å². The van der Waals surface area contributed by atoms with E-state index in [1.165, 1.54) is 6.08 Å². The van der Waals surface area contributed by atoms with Gasteiger partial charge in [-0.25, -0.2) is 4.79 Å². The Labute approximate surface area is 131 Å². The van der Waals surface area contributed by atoms with Crippen LogP contribution in [0.4, 0.5) is 0 Å². The number of hydrogen-bond donors (Lipinski definition) is 1. The number of aliphatic carboxylic acids is 1. The van der Waals surface area contributed by atoms with Crippen LogP contribution in [0.2, 0.25) is 0 Å². The number of carboxylic acid groups (broad SMARTS) is 1. The fraction of sp³-hybridized carbons (Fsp3) is 0.200. The summed E-state index contributed by atoms with van der Waals surface area (Å²) in [6, 6.07) is 5.37. The van der Waals surface area contributed by atoms with Crippen LogP contribution in [0, 0.1) is 0 Å². The molecule has 21 heavy (non-hydrogen) atoms. The quantitative estimate of drug-likeness (QED) is 0.801. The molecule has 0 spiro atoms. The van der Waals surface area contributed by atoms with Crippen LogP contribution in [-0.4, -0.2) is 20.9 Å². The number of aryl methyl sites for hydroxylation is 1. The van der Waals surface area contributed by atoms with Gasteiger partial charge in [0.05, 0.1) is 16.9 Å². The molecule has 110 valence electrons. The Bertz CT molecular complexity index is 665. The molecule has 0 atom stereocenters. The standard InChI is InChI=1S/C15H15BrN2O3/c1-2-7-18-10-12(9-17-18)21-14-5-3-11(8-13(14)16)4-6-15(19)20/h3-6,8-10H,2,7H2,1H3,(H,19,20)/b6-4+. The highest BCUT2D eigenvalue weighted by atomic mass is 79.9. The molecule has 0 bridgehead atoms. The normalized spacial score (nSPS) is 11.0. The minimum Gasteiger partial charge on any atom is -0.478 e. The highest BCUT2D eigenvalue weighted by molar-refractivity contribution is 9.10. The average molecular weight is 351 g/mol. The van der Waals surface area contributed by atoms with Crippen LogP contribution in [0.3, 0.4) is 0 Å². The zero-order chi connectivity index (χ0) is 15.2. The monoisotopic (exact) mass is 350 g/mol. The molecule has 1 aromatic carbocycles. The number of aromatic nitrogens is 2. The van der Waals surface area contributed by atoms with E-state index in [-0.39, 0.29) is 0 Å². The molecule has 0 radical (unpaired) electrons. The van der Waals surface area contributed by atoms with E-state index in [1.807, 2.05) is 10.9 Å². The lowest BCUT2D eigenvalue weighted by Crippen LogP contribution is -1.95. The summed E-state index contributed by atoms with van der Waals surface area (Å²) in [5.74, 6) is 0.339. The first kappa shape index (κ1) is 15.3. The Kier molecular flexibility index (Phi) is 5.16. The largest absolute Gasteiger partial charge is 0.478 e. The third kappa shape index (κ3) is 4.46.